The van der Waals surface area contributed by atoms with Gasteiger partial charge in [0.2, 0.25) is 0 Å². The lowest BCUT2D eigenvalue weighted by atomic mass is 10.0. The molecule has 0 aliphatic heterocycles. The lowest BCUT2D eigenvalue weighted by Crippen LogP contribution is -2.06. The molecule has 0 atom stereocenters. The minimum atomic E-state index is -4.00. The molecule has 1 rings (SSSR count). The van der Waals surface area contributed by atoms with Gasteiger partial charge >= 0.3 is 6.18 Å². The molecule has 126 valence electrons. The zero-order valence-electron chi connectivity index (χ0n) is 12.7. The molecule has 0 fully saturated rings. The third kappa shape index (κ3) is 7.92. The highest BCUT2D eigenvalue weighted by molar-refractivity contribution is 9.10. The van der Waals surface area contributed by atoms with Gasteiger partial charge in [-0.05, 0) is 52.9 Å². The fourth-order valence-electron chi connectivity index (χ4n) is 2.38. The second kappa shape index (κ2) is 9.28. The lowest BCUT2D eigenvalue weighted by Gasteiger charge is -2.08. The molecule has 6 heteroatoms. The van der Waals surface area contributed by atoms with E-state index >= 15 is 0 Å². The molecule has 1 aromatic carbocycles. The van der Waals surface area contributed by atoms with Crippen molar-refractivity contribution in [1.29, 1.82) is 0 Å². The van der Waals surface area contributed by atoms with Gasteiger partial charge in [0.1, 0.15) is 0 Å². The van der Waals surface area contributed by atoms with Gasteiger partial charge in [-0.15, -0.1) is 0 Å². The number of halogens is 4. The standard InChI is InChI=1S/C16H24BrF3N2/c17-13-10-12(11-14(21)15(13)22)8-6-4-2-1-3-5-7-9-16(18,19)20/h10-11H,1-9,21-22H2. The number of alkyl halides is 3. The number of rotatable bonds is 9. The van der Waals surface area contributed by atoms with Crippen LogP contribution < -0.4 is 11.5 Å². The molecule has 0 saturated carbocycles. The van der Waals surface area contributed by atoms with E-state index < -0.39 is 12.6 Å². The van der Waals surface area contributed by atoms with Crippen molar-refractivity contribution in [2.75, 3.05) is 11.5 Å². The van der Waals surface area contributed by atoms with Crippen LogP contribution in [-0.4, -0.2) is 6.18 Å². The molecule has 0 aliphatic carbocycles. The Morgan fingerprint density at radius 2 is 1.41 bits per heavy atom. The van der Waals surface area contributed by atoms with Gasteiger partial charge in [-0.25, -0.2) is 0 Å². The van der Waals surface area contributed by atoms with Crippen molar-refractivity contribution in [2.45, 2.75) is 64.0 Å². The minimum Gasteiger partial charge on any atom is -0.397 e. The summed E-state index contributed by atoms with van der Waals surface area (Å²) in [5, 5.41) is 0. The van der Waals surface area contributed by atoms with Crippen LogP contribution in [0.25, 0.3) is 0 Å². The highest BCUT2D eigenvalue weighted by Gasteiger charge is 2.25. The molecule has 2 nitrogen and oxygen atoms in total. The average Bonchev–Trinajstić information content (AvgIpc) is 2.41. The molecule has 0 saturated heterocycles. The topological polar surface area (TPSA) is 52.0 Å². The van der Waals surface area contributed by atoms with Crippen LogP contribution in [0.1, 0.15) is 56.9 Å². The van der Waals surface area contributed by atoms with Crippen molar-refractivity contribution < 1.29 is 13.2 Å². The molecule has 0 aromatic heterocycles. The Labute approximate surface area is 138 Å². The zero-order chi connectivity index (χ0) is 16.6. The van der Waals surface area contributed by atoms with Crippen LogP contribution in [0.4, 0.5) is 24.5 Å². The molecule has 4 N–H and O–H groups in total. The van der Waals surface area contributed by atoms with E-state index in [9.17, 15) is 13.2 Å². The summed E-state index contributed by atoms with van der Waals surface area (Å²) in [4.78, 5) is 0. The predicted octanol–water partition coefficient (Wildman–Crippen LogP) is 5.84. The molecule has 1 aromatic rings. The molecule has 0 heterocycles. The van der Waals surface area contributed by atoms with E-state index in [1.165, 1.54) is 0 Å². The maximum absolute atomic E-state index is 12.0. The molecular weight excluding hydrogens is 357 g/mol. The summed E-state index contributed by atoms with van der Waals surface area (Å²) in [6.45, 7) is 0. The largest absolute Gasteiger partial charge is 0.397 e. The molecule has 0 aliphatic rings. The number of anilines is 2. The van der Waals surface area contributed by atoms with Gasteiger partial charge in [-0.2, -0.15) is 13.2 Å². The van der Waals surface area contributed by atoms with Gasteiger partial charge in [0.05, 0.1) is 11.4 Å². The van der Waals surface area contributed by atoms with Crippen LogP contribution in [0.15, 0.2) is 16.6 Å². The van der Waals surface area contributed by atoms with Gasteiger partial charge in [0.15, 0.2) is 0 Å². The summed E-state index contributed by atoms with van der Waals surface area (Å²) in [5.41, 5.74) is 13.9. The highest BCUT2D eigenvalue weighted by atomic mass is 79.9. The van der Waals surface area contributed by atoms with Gasteiger partial charge < -0.3 is 11.5 Å². The number of hydrogen-bond donors (Lipinski definition) is 2. The molecule has 0 bridgehead atoms. The molecule has 22 heavy (non-hydrogen) atoms. The fourth-order valence-corrected chi connectivity index (χ4v) is 2.90. The van der Waals surface area contributed by atoms with E-state index in [1.54, 1.807) is 0 Å². The van der Waals surface area contributed by atoms with Crippen LogP contribution >= 0.6 is 15.9 Å². The number of hydrogen-bond acceptors (Lipinski definition) is 2. The maximum atomic E-state index is 12.0. The molecule has 0 amide bonds. The number of nitrogens with two attached hydrogens (primary N) is 2. The molecule has 0 unspecified atom stereocenters. The van der Waals surface area contributed by atoms with E-state index in [2.05, 4.69) is 15.9 Å². The van der Waals surface area contributed by atoms with Crippen molar-refractivity contribution in [3.63, 3.8) is 0 Å². The van der Waals surface area contributed by atoms with E-state index in [0.717, 1.165) is 48.6 Å². The molecular formula is C16H24BrF3N2. The number of benzene rings is 1. The van der Waals surface area contributed by atoms with Crippen molar-refractivity contribution >= 4 is 27.3 Å². The Hall–Kier alpha value is -0.910. The maximum Gasteiger partial charge on any atom is 0.389 e. The van der Waals surface area contributed by atoms with E-state index in [0.29, 0.717) is 17.8 Å². The third-order valence-corrected chi connectivity index (χ3v) is 4.30. The van der Waals surface area contributed by atoms with Gasteiger partial charge in [-0.3, -0.25) is 0 Å². The van der Waals surface area contributed by atoms with Gasteiger partial charge in [-0.1, -0.05) is 32.1 Å². The van der Waals surface area contributed by atoms with Crippen LogP contribution in [0.3, 0.4) is 0 Å². The number of unbranched alkanes of at least 4 members (excludes halogenated alkanes) is 6. The van der Waals surface area contributed by atoms with Crippen LogP contribution in [0, 0.1) is 0 Å². The predicted molar refractivity (Wildman–Crippen MR) is 89.7 cm³/mol. The fraction of sp³-hybridized carbons (Fsp3) is 0.625. The quantitative estimate of drug-likeness (QED) is 0.417. The Kier molecular flexibility index (Phi) is 8.07. The third-order valence-electron chi connectivity index (χ3n) is 3.65. The summed E-state index contributed by atoms with van der Waals surface area (Å²) in [6, 6.07) is 3.89. The Morgan fingerprint density at radius 3 is 1.95 bits per heavy atom. The Morgan fingerprint density at radius 1 is 0.864 bits per heavy atom. The summed E-state index contributed by atoms with van der Waals surface area (Å²) >= 11 is 3.38. The summed E-state index contributed by atoms with van der Waals surface area (Å²) in [7, 11) is 0. The first-order chi connectivity index (χ1) is 10.3. The number of aryl methyl sites for hydroxylation is 1. The average molecular weight is 381 g/mol. The zero-order valence-corrected chi connectivity index (χ0v) is 14.3. The van der Waals surface area contributed by atoms with Crippen molar-refractivity contribution in [2.24, 2.45) is 0 Å². The highest BCUT2D eigenvalue weighted by Crippen LogP contribution is 2.28. The first-order valence-electron chi connectivity index (χ1n) is 7.70. The minimum absolute atomic E-state index is 0.252. The van der Waals surface area contributed by atoms with Crippen molar-refractivity contribution in [3.05, 3.63) is 22.2 Å². The first kappa shape index (κ1) is 19.1. The Bertz CT molecular complexity index is 438. The molecule has 0 spiro atoms. The number of nitrogen functional groups attached to an aromatic ring is 2. The monoisotopic (exact) mass is 380 g/mol. The van der Waals surface area contributed by atoms with Crippen molar-refractivity contribution in [3.8, 4) is 0 Å². The van der Waals surface area contributed by atoms with E-state index in [1.807, 2.05) is 12.1 Å². The van der Waals surface area contributed by atoms with E-state index in [4.69, 9.17) is 11.5 Å². The van der Waals surface area contributed by atoms with Crippen molar-refractivity contribution in [1.82, 2.24) is 0 Å². The second-order valence-electron chi connectivity index (χ2n) is 5.67. The van der Waals surface area contributed by atoms with Crippen LogP contribution in [0.5, 0.6) is 0 Å². The summed E-state index contributed by atoms with van der Waals surface area (Å²) in [5.74, 6) is 0. The normalized spacial score (nSPS) is 11.8. The summed E-state index contributed by atoms with van der Waals surface area (Å²) in [6.07, 6.45) is 2.30. The molecule has 0 radical (unpaired) electrons. The van der Waals surface area contributed by atoms with Crippen LogP contribution in [-0.2, 0) is 6.42 Å². The van der Waals surface area contributed by atoms with Gasteiger partial charge in [0.25, 0.3) is 0 Å². The lowest BCUT2D eigenvalue weighted by molar-refractivity contribution is -0.135. The second-order valence-corrected chi connectivity index (χ2v) is 6.52. The summed E-state index contributed by atoms with van der Waals surface area (Å²) < 4.78 is 36.7. The SMILES string of the molecule is Nc1cc(CCCCCCCCCC(F)(F)F)cc(Br)c1N. The van der Waals surface area contributed by atoms with E-state index in [-0.39, 0.29) is 6.42 Å². The first-order valence-corrected chi connectivity index (χ1v) is 8.49. The van der Waals surface area contributed by atoms with Gasteiger partial charge in [0, 0.05) is 10.9 Å². The Balaban J connectivity index is 2.07. The van der Waals surface area contributed by atoms with Crippen LogP contribution in [0.2, 0.25) is 0 Å². The smallest absolute Gasteiger partial charge is 0.389 e.